The molecule has 1 heterocycles. The van der Waals surface area contributed by atoms with Crippen molar-refractivity contribution in [3.05, 3.63) is 0 Å². The molecule has 2 unspecified atom stereocenters. The monoisotopic (exact) mass is 228 g/mol. The Morgan fingerprint density at radius 1 is 1.44 bits per heavy atom. The van der Waals surface area contributed by atoms with Gasteiger partial charge in [0.2, 0.25) is 0 Å². The predicted molar refractivity (Wildman–Crippen MR) is 64.6 cm³/mol. The molecule has 0 aromatic carbocycles. The molecule has 1 N–H and O–H groups in total. The number of hydrogen-bond acceptors (Lipinski definition) is 3. The topological polar surface area (TPSA) is 43.8 Å². The summed E-state index contributed by atoms with van der Waals surface area (Å²) in [5.41, 5.74) is 0. The van der Waals surface area contributed by atoms with E-state index in [1.165, 1.54) is 0 Å². The molecule has 1 rings (SSSR count). The van der Waals surface area contributed by atoms with Gasteiger partial charge in [0.25, 0.3) is 0 Å². The first-order valence-corrected chi connectivity index (χ1v) is 6.20. The molecule has 2 atom stereocenters. The maximum Gasteiger partial charge on any atom is 0.303 e. The second-order valence-electron chi connectivity index (χ2n) is 4.87. The quantitative estimate of drug-likeness (QED) is 0.769. The van der Waals surface area contributed by atoms with Crippen LogP contribution < -0.4 is 0 Å². The predicted octanol–water partition coefficient (Wildman–Crippen LogP) is 1.27. The van der Waals surface area contributed by atoms with Gasteiger partial charge in [-0.2, -0.15) is 0 Å². The molecule has 0 bridgehead atoms. The van der Waals surface area contributed by atoms with Crippen LogP contribution in [0.1, 0.15) is 33.1 Å². The lowest BCUT2D eigenvalue weighted by Gasteiger charge is -2.43. The third-order valence-corrected chi connectivity index (χ3v) is 3.47. The fourth-order valence-corrected chi connectivity index (χ4v) is 2.38. The van der Waals surface area contributed by atoms with Crippen molar-refractivity contribution in [2.24, 2.45) is 0 Å². The lowest BCUT2D eigenvalue weighted by Crippen LogP contribution is -2.56. The second kappa shape index (κ2) is 6.21. The Morgan fingerprint density at radius 2 is 2.12 bits per heavy atom. The standard InChI is InChI=1S/C12H24N2O2/c1-4-7-14-8-10(2)13(3)9-11(14)5-6-12(15)16/h10-11H,4-9H2,1-3H3,(H,15,16). The summed E-state index contributed by atoms with van der Waals surface area (Å²) in [5.74, 6) is -0.683. The number of likely N-dealkylation sites (N-methyl/N-ethyl adjacent to an activating group) is 1. The molecule has 0 amide bonds. The van der Waals surface area contributed by atoms with Crippen molar-refractivity contribution in [1.82, 2.24) is 9.80 Å². The Morgan fingerprint density at radius 3 is 2.69 bits per heavy atom. The normalized spacial score (nSPS) is 28.2. The van der Waals surface area contributed by atoms with E-state index in [1.807, 2.05) is 0 Å². The number of piperazine rings is 1. The zero-order valence-electron chi connectivity index (χ0n) is 10.6. The minimum atomic E-state index is -0.683. The average Bonchev–Trinajstić information content (AvgIpc) is 2.21. The molecule has 4 nitrogen and oxygen atoms in total. The van der Waals surface area contributed by atoms with Gasteiger partial charge in [0, 0.05) is 31.6 Å². The summed E-state index contributed by atoms with van der Waals surface area (Å²) in [7, 11) is 2.13. The molecule has 0 radical (unpaired) electrons. The van der Waals surface area contributed by atoms with Crippen molar-refractivity contribution < 1.29 is 9.90 Å². The summed E-state index contributed by atoms with van der Waals surface area (Å²) in [4.78, 5) is 15.4. The molecule has 1 aliphatic rings. The number of aliphatic carboxylic acids is 1. The van der Waals surface area contributed by atoms with E-state index >= 15 is 0 Å². The summed E-state index contributed by atoms with van der Waals surface area (Å²) in [6, 6.07) is 0.991. The number of nitrogens with zero attached hydrogens (tertiary/aromatic N) is 2. The molecular formula is C12H24N2O2. The zero-order valence-corrected chi connectivity index (χ0v) is 10.6. The van der Waals surface area contributed by atoms with Gasteiger partial charge in [0.15, 0.2) is 0 Å². The van der Waals surface area contributed by atoms with E-state index in [0.29, 0.717) is 12.1 Å². The number of hydrogen-bond donors (Lipinski definition) is 1. The van der Waals surface area contributed by atoms with E-state index in [9.17, 15) is 4.79 Å². The van der Waals surface area contributed by atoms with Crippen LogP contribution in [0.5, 0.6) is 0 Å². The Kier molecular flexibility index (Phi) is 5.22. The van der Waals surface area contributed by atoms with E-state index in [-0.39, 0.29) is 6.42 Å². The smallest absolute Gasteiger partial charge is 0.303 e. The minimum Gasteiger partial charge on any atom is -0.481 e. The van der Waals surface area contributed by atoms with Gasteiger partial charge in [-0.1, -0.05) is 6.92 Å². The molecule has 0 spiro atoms. The maximum atomic E-state index is 10.6. The lowest BCUT2D eigenvalue weighted by atomic mass is 10.0. The van der Waals surface area contributed by atoms with Gasteiger partial charge < -0.3 is 10.0 Å². The van der Waals surface area contributed by atoms with Gasteiger partial charge in [-0.05, 0) is 33.4 Å². The molecule has 4 heteroatoms. The molecule has 1 fully saturated rings. The first kappa shape index (κ1) is 13.5. The van der Waals surface area contributed by atoms with Crippen LogP contribution in [0.3, 0.4) is 0 Å². The van der Waals surface area contributed by atoms with Gasteiger partial charge in [-0.25, -0.2) is 0 Å². The molecule has 0 aromatic heterocycles. The van der Waals surface area contributed by atoms with Gasteiger partial charge in [0.1, 0.15) is 0 Å². The average molecular weight is 228 g/mol. The number of carboxylic acid groups (broad SMARTS) is 1. The second-order valence-corrected chi connectivity index (χ2v) is 4.87. The van der Waals surface area contributed by atoms with E-state index < -0.39 is 5.97 Å². The maximum absolute atomic E-state index is 10.6. The molecule has 94 valence electrons. The number of carbonyl (C=O) groups is 1. The highest BCUT2D eigenvalue weighted by atomic mass is 16.4. The van der Waals surface area contributed by atoms with Crippen molar-refractivity contribution in [2.45, 2.75) is 45.2 Å². The van der Waals surface area contributed by atoms with E-state index in [0.717, 1.165) is 32.5 Å². The summed E-state index contributed by atoms with van der Waals surface area (Å²) >= 11 is 0. The van der Waals surface area contributed by atoms with Gasteiger partial charge in [0.05, 0.1) is 0 Å². The van der Waals surface area contributed by atoms with Crippen molar-refractivity contribution in [3.8, 4) is 0 Å². The van der Waals surface area contributed by atoms with Crippen LogP contribution in [0.4, 0.5) is 0 Å². The van der Waals surface area contributed by atoms with Crippen LogP contribution in [0.15, 0.2) is 0 Å². The zero-order chi connectivity index (χ0) is 12.1. The van der Waals surface area contributed by atoms with Crippen LogP contribution in [0.25, 0.3) is 0 Å². The van der Waals surface area contributed by atoms with E-state index in [1.54, 1.807) is 0 Å². The van der Waals surface area contributed by atoms with Crippen LogP contribution in [0.2, 0.25) is 0 Å². The van der Waals surface area contributed by atoms with Crippen LogP contribution in [-0.4, -0.2) is 59.6 Å². The fraction of sp³-hybridized carbons (Fsp3) is 0.917. The summed E-state index contributed by atoms with van der Waals surface area (Å²) in [6.45, 7) is 7.55. The van der Waals surface area contributed by atoms with E-state index in [4.69, 9.17) is 5.11 Å². The number of carboxylic acids is 1. The summed E-state index contributed by atoms with van der Waals surface area (Å²) in [6.07, 6.45) is 2.19. The largest absolute Gasteiger partial charge is 0.481 e. The van der Waals surface area contributed by atoms with Crippen molar-refractivity contribution in [1.29, 1.82) is 0 Å². The molecule has 0 aliphatic carbocycles. The third kappa shape index (κ3) is 3.76. The van der Waals surface area contributed by atoms with Gasteiger partial charge in [-0.3, -0.25) is 9.69 Å². The van der Waals surface area contributed by atoms with Gasteiger partial charge >= 0.3 is 5.97 Å². The van der Waals surface area contributed by atoms with Crippen LogP contribution in [0, 0.1) is 0 Å². The van der Waals surface area contributed by atoms with Gasteiger partial charge in [-0.15, -0.1) is 0 Å². The Bertz CT molecular complexity index is 233. The minimum absolute atomic E-state index is 0.285. The van der Waals surface area contributed by atoms with E-state index in [2.05, 4.69) is 30.7 Å². The van der Waals surface area contributed by atoms with Crippen LogP contribution in [-0.2, 0) is 4.79 Å². The Labute approximate surface area is 98.2 Å². The first-order chi connectivity index (χ1) is 7.54. The van der Waals surface area contributed by atoms with Crippen molar-refractivity contribution in [2.75, 3.05) is 26.7 Å². The van der Waals surface area contributed by atoms with Crippen molar-refractivity contribution >= 4 is 5.97 Å². The Hall–Kier alpha value is -0.610. The fourth-order valence-electron chi connectivity index (χ4n) is 2.38. The lowest BCUT2D eigenvalue weighted by molar-refractivity contribution is -0.137. The molecular weight excluding hydrogens is 204 g/mol. The summed E-state index contributed by atoms with van der Waals surface area (Å²) in [5, 5.41) is 8.75. The molecule has 1 aliphatic heterocycles. The SMILES string of the molecule is CCCN1CC(C)N(C)CC1CCC(=O)O. The molecule has 0 saturated carbocycles. The molecule has 0 aromatic rings. The molecule has 16 heavy (non-hydrogen) atoms. The summed E-state index contributed by atoms with van der Waals surface area (Å²) < 4.78 is 0. The number of rotatable bonds is 5. The van der Waals surface area contributed by atoms with Crippen LogP contribution >= 0.6 is 0 Å². The Balaban J connectivity index is 2.51. The first-order valence-electron chi connectivity index (χ1n) is 6.20. The highest BCUT2D eigenvalue weighted by Gasteiger charge is 2.28. The highest BCUT2D eigenvalue weighted by molar-refractivity contribution is 5.66. The van der Waals surface area contributed by atoms with Crippen molar-refractivity contribution in [3.63, 3.8) is 0 Å². The third-order valence-electron chi connectivity index (χ3n) is 3.47. The molecule has 1 saturated heterocycles. The highest BCUT2D eigenvalue weighted by Crippen LogP contribution is 2.17.